The molecule has 182 valence electrons. The van der Waals surface area contributed by atoms with Gasteiger partial charge in [0.15, 0.2) is 0 Å². The fraction of sp³-hybridized carbons (Fsp3) is 0.269. The molecule has 1 aromatic heterocycles. The number of aryl methyl sites for hydroxylation is 1. The number of nitrogens with zero attached hydrogens (tertiary/aromatic N) is 3. The highest BCUT2D eigenvalue weighted by Gasteiger charge is 2.31. The maximum absolute atomic E-state index is 13.1. The van der Waals surface area contributed by atoms with Crippen molar-refractivity contribution in [3.63, 3.8) is 0 Å². The molecule has 0 bridgehead atoms. The minimum absolute atomic E-state index is 0.0580. The van der Waals surface area contributed by atoms with Gasteiger partial charge in [-0.2, -0.15) is 13.2 Å². The minimum atomic E-state index is -4.47. The highest BCUT2D eigenvalue weighted by molar-refractivity contribution is 5.95. The molecule has 0 spiro atoms. The van der Waals surface area contributed by atoms with E-state index in [1.165, 1.54) is 20.4 Å². The summed E-state index contributed by atoms with van der Waals surface area (Å²) in [6.45, 7) is 3.19. The highest BCUT2D eigenvalue weighted by atomic mass is 19.4. The third-order valence-corrected chi connectivity index (χ3v) is 6.00. The first-order chi connectivity index (χ1) is 16.6. The molecule has 2 heterocycles. The van der Waals surface area contributed by atoms with E-state index in [0.29, 0.717) is 6.54 Å². The number of aromatic nitrogens is 1. The second kappa shape index (κ2) is 9.77. The molecule has 4 rings (SSSR count). The van der Waals surface area contributed by atoms with E-state index in [-0.39, 0.29) is 42.9 Å². The molecule has 1 saturated heterocycles. The van der Waals surface area contributed by atoms with Crippen LogP contribution < -0.4 is 5.56 Å². The largest absolute Gasteiger partial charge is 0.416 e. The van der Waals surface area contributed by atoms with Gasteiger partial charge in [-0.05, 0) is 48.9 Å². The van der Waals surface area contributed by atoms with Crippen molar-refractivity contribution < 1.29 is 22.8 Å². The number of carbonyl (C=O) groups is 2. The van der Waals surface area contributed by atoms with E-state index in [4.69, 9.17) is 0 Å². The van der Waals surface area contributed by atoms with Gasteiger partial charge in [-0.1, -0.05) is 29.8 Å². The molecule has 2 amide bonds. The summed E-state index contributed by atoms with van der Waals surface area (Å²) in [5, 5.41) is 0. The molecule has 35 heavy (non-hydrogen) atoms. The highest BCUT2D eigenvalue weighted by Crippen LogP contribution is 2.29. The number of amides is 2. The fourth-order valence-electron chi connectivity index (χ4n) is 4.10. The van der Waals surface area contributed by atoms with E-state index in [1.807, 2.05) is 31.2 Å². The van der Waals surface area contributed by atoms with Gasteiger partial charge >= 0.3 is 6.18 Å². The normalized spacial score (nSPS) is 14.2. The number of piperazine rings is 1. The Morgan fingerprint density at radius 1 is 0.857 bits per heavy atom. The number of pyridine rings is 1. The summed E-state index contributed by atoms with van der Waals surface area (Å²) in [7, 11) is 0. The Kier molecular flexibility index (Phi) is 6.77. The first kappa shape index (κ1) is 24.3. The molecule has 1 fully saturated rings. The molecule has 0 radical (unpaired) electrons. The SMILES string of the molecule is Cc1cccc(Cn2cccc(C(=O)N3CCN(C(=O)c4ccc(C(F)(F)F)cc4)CC3)c2=O)c1. The number of halogens is 3. The quantitative estimate of drug-likeness (QED) is 0.567. The molecule has 0 unspecified atom stereocenters. The zero-order valence-corrected chi connectivity index (χ0v) is 19.1. The summed E-state index contributed by atoms with van der Waals surface area (Å²) >= 11 is 0. The zero-order valence-electron chi connectivity index (χ0n) is 19.1. The number of hydrogen-bond donors (Lipinski definition) is 0. The second-order valence-corrected chi connectivity index (χ2v) is 8.50. The van der Waals surface area contributed by atoms with Crippen LogP contribution in [0, 0.1) is 6.92 Å². The van der Waals surface area contributed by atoms with Gasteiger partial charge in [0.1, 0.15) is 5.56 Å². The third-order valence-electron chi connectivity index (χ3n) is 6.00. The molecule has 0 saturated carbocycles. The fourth-order valence-corrected chi connectivity index (χ4v) is 4.10. The van der Waals surface area contributed by atoms with Crippen LogP contribution in [0.25, 0.3) is 0 Å². The smallest absolute Gasteiger partial charge is 0.335 e. The van der Waals surface area contributed by atoms with E-state index in [9.17, 15) is 27.6 Å². The average molecular weight is 483 g/mol. The lowest BCUT2D eigenvalue weighted by molar-refractivity contribution is -0.137. The number of alkyl halides is 3. The summed E-state index contributed by atoms with van der Waals surface area (Å²) < 4.78 is 39.8. The predicted molar refractivity (Wildman–Crippen MR) is 124 cm³/mol. The molecule has 2 aromatic carbocycles. The van der Waals surface area contributed by atoms with Gasteiger partial charge in [-0.15, -0.1) is 0 Å². The van der Waals surface area contributed by atoms with Crippen molar-refractivity contribution in [1.29, 1.82) is 0 Å². The van der Waals surface area contributed by atoms with Crippen molar-refractivity contribution in [2.45, 2.75) is 19.6 Å². The molecule has 9 heteroatoms. The average Bonchev–Trinajstić information content (AvgIpc) is 2.84. The molecule has 1 aliphatic heterocycles. The zero-order chi connectivity index (χ0) is 25.2. The van der Waals surface area contributed by atoms with Gasteiger partial charge in [-0.25, -0.2) is 0 Å². The minimum Gasteiger partial charge on any atom is -0.335 e. The number of hydrogen-bond acceptors (Lipinski definition) is 3. The van der Waals surface area contributed by atoms with Crippen molar-refractivity contribution in [2.75, 3.05) is 26.2 Å². The summed E-state index contributed by atoms with van der Waals surface area (Å²) in [5.74, 6) is -0.804. The number of carbonyl (C=O) groups excluding carboxylic acids is 2. The van der Waals surface area contributed by atoms with Gasteiger partial charge in [0.25, 0.3) is 17.4 Å². The van der Waals surface area contributed by atoms with Crippen LogP contribution in [0.4, 0.5) is 13.2 Å². The van der Waals surface area contributed by atoms with Crippen LogP contribution in [-0.2, 0) is 12.7 Å². The van der Waals surface area contributed by atoms with Gasteiger partial charge in [0, 0.05) is 37.9 Å². The van der Waals surface area contributed by atoms with E-state index < -0.39 is 23.6 Å². The van der Waals surface area contributed by atoms with Crippen molar-refractivity contribution in [3.05, 3.63) is 105 Å². The van der Waals surface area contributed by atoms with Gasteiger partial charge < -0.3 is 14.4 Å². The third kappa shape index (κ3) is 5.45. The lowest BCUT2D eigenvalue weighted by Gasteiger charge is -2.34. The summed E-state index contributed by atoms with van der Waals surface area (Å²) in [6, 6.07) is 15.0. The van der Waals surface area contributed by atoms with Crippen LogP contribution in [0.1, 0.15) is 37.4 Å². The first-order valence-electron chi connectivity index (χ1n) is 11.1. The number of rotatable bonds is 4. The van der Waals surface area contributed by atoms with E-state index in [2.05, 4.69) is 0 Å². The van der Waals surface area contributed by atoms with Crippen LogP contribution in [0.5, 0.6) is 0 Å². The Hall–Kier alpha value is -3.88. The predicted octanol–water partition coefficient (Wildman–Crippen LogP) is 3.82. The monoisotopic (exact) mass is 483 g/mol. The molecular formula is C26H24F3N3O3. The summed E-state index contributed by atoms with van der Waals surface area (Å²) in [6.07, 6.45) is -2.83. The van der Waals surface area contributed by atoms with Gasteiger partial charge in [0.05, 0.1) is 12.1 Å². The standard InChI is InChI=1S/C26H24F3N3O3/c1-18-4-2-5-19(16-18)17-32-11-3-6-22(25(32)35)24(34)31-14-12-30(13-15-31)23(33)20-7-9-21(10-8-20)26(27,28)29/h2-11,16H,12-15,17H2,1H3. The maximum Gasteiger partial charge on any atom is 0.416 e. The Labute approximate surface area is 200 Å². The molecule has 3 aromatic rings. The lowest BCUT2D eigenvalue weighted by Crippen LogP contribution is -2.51. The van der Waals surface area contributed by atoms with Crippen molar-refractivity contribution in [1.82, 2.24) is 14.4 Å². The molecular weight excluding hydrogens is 459 g/mol. The summed E-state index contributed by atoms with van der Waals surface area (Å²) in [5.41, 5.74) is 1.03. The van der Waals surface area contributed by atoms with Crippen LogP contribution >= 0.6 is 0 Å². The molecule has 0 aliphatic carbocycles. The van der Waals surface area contributed by atoms with Crippen LogP contribution in [0.2, 0.25) is 0 Å². The van der Waals surface area contributed by atoms with Crippen molar-refractivity contribution in [2.24, 2.45) is 0 Å². The Bertz CT molecular complexity index is 1290. The lowest BCUT2D eigenvalue weighted by atomic mass is 10.1. The molecule has 0 atom stereocenters. The molecule has 0 N–H and O–H groups in total. The summed E-state index contributed by atoms with van der Waals surface area (Å²) in [4.78, 5) is 41.7. The first-order valence-corrected chi connectivity index (χ1v) is 11.1. The van der Waals surface area contributed by atoms with E-state index in [1.54, 1.807) is 12.3 Å². The van der Waals surface area contributed by atoms with Crippen LogP contribution in [-0.4, -0.2) is 52.4 Å². The second-order valence-electron chi connectivity index (χ2n) is 8.50. The van der Waals surface area contributed by atoms with E-state index >= 15 is 0 Å². The van der Waals surface area contributed by atoms with Gasteiger partial charge in [0.2, 0.25) is 0 Å². The maximum atomic E-state index is 13.1. The topological polar surface area (TPSA) is 62.6 Å². The molecule has 1 aliphatic rings. The van der Waals surface area contributed by atoms with Crippen LogP contribution in [0.15, 0.2) is 71.7 Å². The Balaban J connectivity index is 1.41. The van der Waals surface area contributed by atoms with Crippen LogP contribution in [0.3, 0.4) is 0 Å². The van der Waals surface area contributed by atoms with Gasteiger partial charge in [-0.3, -0.25) is 14.4 Å². The van der Waals surface area contributed by atoms with E-state index in [0.717, 1.165) is 35.4 Å². The Morgan fingerprint density at radius 3 is 2.09 bits per heavy atom. The number of benzene rings is 2. The van der Waals surface area contributed by atoms with Crippen molar-refractivity contribution >= 4 is 11.8 Å². The van der Waals surface area contributed by atoms with Crippen molar-refractivity contribution in [3.8, 4) is 0 Å². The molecule has 6 nitrogen and oxygen atoms in total. The Morgan fingerprint density at radius 2 is 1.49 bits per heavy atom.